The zero-order valence-electron chi connectivity index (χ0n) is 12.7. The molecule has 0 spiro atoms. The number of pyridine rings is 1. The topological polar surface area (TPSA) is 98.1 Å². The van der Waals surface area contributed by atoms with Crippen molar-refractivity contribution in [3.8, 4) is 11.6 Å². The van der Waals surface area contributed by atoms with E-state index in [2.05, 4.69) is 25.6 Å². The van der Waals surface area contributed by atoms with E-state index in [0.717, 1.165) is 11.0 Å². The average molecular weight is 330 g/mol. The molecule has 0 atom stereocenters. The largest absolute Gasteiger partial charge is 0.437 e. The van der Waals surface area contributed by atoms with Gasteiger partial charge in [0, 0.05) is 22.4 Å². The van der Waals surface area contributed by atoms with Crippen molar-refractivity contribution in [2.45, 2.75) is 0 Å². The number of fused-ring (bicyclic) bond motifs is 3. The van der Waals surface area contributed by atoms with Crippen LogP contribution in [0.5, 0.6) is 11.6 Å². The van der Waals surface area contributed by atoms with Crippen LogP contribution in [0.15, 0.2) is 59.4 Å². The van der Waals surface area contributed by atoms with Gasteiger partial charge in [0.2, 0.25) is 5.88 Å². The van der Waals surface area contributed by atoms with Gasteiger partial charge in [-0.15, -0.1) is 14.8 Å². The number of aromatic nitrogens is 6. The van der Waals surface area contributed by atoms with Crippen LogP contribution in [-0.2, 0) is 0 Å². The molecule has 0 aliphatic carbocycles. The van der Waals surface area contributed by atoms with E-state index in [0.29, 0.717) is 28.0 Å². The van der Waals surface area contributed by atoms with Crippen LogP contribution in [0.25, 0.3) is 27.5 Å². The quantitative estimate of drug-likeness (QED) is 0.499. The van der Waals surface area contributed by atoms with Gasteiger partial charge >= 0.3 is 0 Å². The van der Waals surface area contributed by atoms with E-state index < -0.39 is 0 Å². The molecule has 2 aromatic carbocycles. The summed E-state index contributed by atoms with van der Waals surface area (Å²) in [7, 11) is 0. The minimum absolute atomic E-state index is 0.0429. The van der Waals surface area contributed by atoms with E-state index in [1.54, 1.807) is 30.3 Å². The molecule has 0 radical (unpaired) electrons. The van der Waals surface area contributed by atoms with E-state index in [1.165, 1.54) is 4.63 Å². The summed E-state index contributed by atoms with van der Waals surface area (Å²) in [5.74, 6) is 0.838. The Morgan fingerprint density at radius 3 is 2.80 bits per heavy atom. The number of tetrazole rings is 1. The molecule has 3 heterocycles. The second-order valence-electron chi connectivity index (χ2n) is 5.51. The molecule has 0 bridgehead atoms. The first-order valence-corrected chi connectivity index (χ1v) is 7.56. The van der Waals surface area contributed by atoms with Crippen LogP contribution in [0.1, 0.15) is 0 Å². The van der Waals surface area contributed by atoms with Crippen molar-refractivity contribution >= 4 is 27.5 Å². The maximum absolute atomic E-state index is 12.7. The number of hydrogen-bond acceptors (Lipinski definition) is 6. The third kappa shape index (κ3) is 2.19. The van der Waals surface area contributed by atoms with Crippen LogP contribution in [-0.4, -0.2) is 30.2 Å². The predicted octanol–water partition coefficient (Wildman–Crippen LogP) is 2.31. The van der Waals surface area contributed by atoms with Crippen LogP contribution >= 0.6 is 0 Å². The Labute approximate surface area is 139 Å². The minimum Gasteiger partial charge on any atom is -0.437 e. The number of aromatic amines is 1. The molecule has 25 heavy (non-hydrogen) atoms. The molecule has 5 rings (SSSR count). The Balaban J connectivity index is 1.62. The third-order valence-corrected chi connectivity index (χ3v) is 3.94. The van der Waals surface area contributed by atoms with Crippen LogP contribution < -0.4 is 10.2 Å². The van der Waals surface area contributed by atoms with Gasteiger partial charge in [-0.1, -0.05) is 12.1 Å². The van der Waals surface area contributed by atoms with Gasteiger partial charge in [0.05, 0.1) is 5.52 Å². The van der Waals surface area contributed by atoms with Gasteiger partial charge < -0.3 is 9.72 Å². The van der Waals surface area contributed by atoms with Crippen molar-refractivity contribution in [3.05, 3.63) is 64.8 Å². The molecule has 0 fully saturated rings. The lowest BCUT2D eigenvalue weighted by Gasteiger charge is -2.07. The first-order valence-electron chi connectivity index (χ1n) is 7.56. The Morgan fingerprint density at radius 2 is 1.84 bits per heavy atom. The number of para-hydroxylation sites is 1. The highest BCUT2D eigenvalue weighted by Crippen LogP contribution is 2.23. The van der Waals surface area contributed by atoms with E-state index in [4.69, 9.17) is 4.74 Å². The Bertz CT molecular complexity index is 1310. The second-order valence-corrected chi connectivity index (χ2v) is 5.51. The molecular weight excluding hydrogens is 320 g/mol. The fourth-order valence-electron chi connectivity index (χ4n) is 2.77. The van der Waals surface area contributed by atoms with Gasteiger partial charge in [0.25, 0.3) is 0 Å². The van der Waals surface area contributed by atoms with E-state index in [1.807, 2.05) is 24.3 Å². The molecule has 1 N–H and O–H groups in total. The summed E-state index contributed by atoms with van der Waals surface area (Å²) in [6, 6.07) is 16.1. The summed E-state index contributed by atoms with van der Waals surface area (Å²) < 4.78 is 7.03. The molecule has 0 aliphatic heterocycles. The van der Waals surface area contributed by atoms with Gasteiger partial charge in [-0.3, -0.25) is 4.79 Å². The molecule has 8 heteroatoms. The molecule has 8 nitrogen and oxygen atoms in total. The molecule has 120 valence electrons. The lowest BCUT2D eigenvalue weighted by Crippen LogP contribution is -2.04. The van der Waals surface area contributed by atoms with Crippen molar-refractivity contribution < 1.29 is 4.74 Å². The molecule has 0 unspecified atom stereocenters. The highest BCUT2D eigenvalue weighted by molar-refractivity contribution is 5.92. The van der Waals surface area contributed by atoms with Gasteiger partial charge in [-0.25, -0.2) is 0 Å². The zero-order valence-corrected chi connectivity index (χ0v) is 12.7. The summed E-state index contributed by atoms with van der Waals surface area (Å²) in [6.07, 6.45) is 0. The summed E-state index contributed by atoms with van der Waals surface area (Å²) in [4.78, 5) is 16.0. The standard InChI is InChI=1S/C17H10N6O2/c24-17-11-3-1-2-4-13(11)18-14-6-5-10(9-12(14)17)25-16-8-7-15-19-21-22-23(15)20-16/h1-9H,(H,18,24). The fraction of sp³-hybridized carbons (Fsp3) is 0. The number of nitrogens with one attached hydrogen (secondary N) is 1. The van der Waals surface area contributed by atoms with Crippen molar-refractivity contribution in [2.24, 2.45) is 0 Å². The van der Waals surface area contributed by atoms with Crippen LogP contribution in [0, 0.1) is 0 Å². The average Bonchev–Trinajstić information content (AvgIpc) is 3.10. The molecule has 3 aromatic heterocycles. The maximum atomic E-state index is 12.7. The lowest BCUT2D eigenvalue weighted by molar-refractivity contribution is 0.447. The number of nitrogens with zero attached hydrogens (tertiary/aromatic N) is 5. The Kier molecular flexibility index (Phi) is 2.78. The number of benzene rings is 2. The summed E-state index contributed by atoms with van der Waals surface area (Å²) in [5, 5.41) is 16.4. The van der Waals surface area contributed by atoms with Crippen molar-refractivity contribution in [3.63, 3.8) is 0 Å². The second kappa shape index (κ2) is 5.10. The van der Waals surface area contributed by atoms with Gasteiger partial charge in [0.1, 0.15) is 5.75 Å². The van der Waals surface area contributed by atoms with Crippen molar-refractivity contribution in [1.29, 1.82) is 0 Å². The molecule has 0 aliphatic rings. The van der Waals surface area contributed by atoms with Crippen LogP contribution in [0.4, 0.5) is 0 Å². The Morgan fingerprint density at radius 1 is 0.960 bits per heavy atom. The highest BCUT2D eigenvalue weighted by Gasteiger charge is 2.08. The van der Waals surface area contributed by atoms with Crippen LogP contribution in [0.2, 0.25) is 0 Å². The molecular formula is C17H10N6O2. The van der Waals surface area contributed by atoms with Crippen molar-refractivity contribution in [1.82, 2.24) is 30.2 Å². The SMILES string of the molecule is O=c1c2ccccc2[nH]c2ccc(Oc3ccc4nnnn4n3)cc12. The summed E-state index contributed by atoms with van der Waals surface area (Å²) >= 11 is 0. The minimum atomic E-state index is -0.0429. The monoisotopic (exact) mass is 330 g/mol. The summed E-state index contributed by atoms with van der Waals surface area (Å²) in [6.45, 7) is 0. The smallest absolute Gasteiger partial charge is 0.239 e. The maximum Gasteiger partial charge on any atom is 0.239 e. The fourth-order valence-corrected chi connectivity index (χ4v) is 2.77. The molecule has 5 aromatic rings. The van der Waals surface area contributed by atoms with Crippen LogP contribution in [0.3, 0.4) is 0 Å². The van der Waals surface area contributed by atoms with Gasteiger partial charge in [-0.2, -0.15) is 0 Å². The molecule has 0 saturated heterocycles. The number of hydrogen-bond donors (Lipinski definition) is 1. The third-order valence-electron chi connectivity index (χ3n) is 3.94. The molecule has 0 saturated carbocycles. The zero-order chi connectivity index (χ0) is 16.8. The van der Waals surface area contributed by atoms with E-state index in [-0.39, 0.29) is 5.43 Å². The van der Waals surface area contributed by atoms with Gasteiger partial charge in [-0.05, 0) is 46.8 Å². The highest BCUT2D eigenvalue weighted by atomic mass is 16.5. The van der Waals surface area contributed by atoms with E-state index >= 15 is 0 Å². The summed E-state index contributed by atoms with van der Waals surface area (Å²) in [5.41, 5.74) is 2.03. The number of H-pyrrole nitrogens is 1. The van der Waals surface area contributed by atoms with Crippen molar-refractivity contribution in [2.75, 3.05) is 0 Å². The lowest BCUT2D eigenvalue weighted by atomic mass is 10.1. The predicted molar refractivity (Wildman–Crippen MR) is 90.7 cm³/mol. The Hall–Kier alpha value is -3.81. The first-order chi connectivity index (χ1) is 12.3. The normalized spacial score (nSPS) is 11.4. The molecule has 0 amide bonds. The number of rotatable bonds is 2. The van der Waals surface area contributed by atoms with E-state index in [9.17, 15) is 4.79 Å². The van der Waals surface area contributed by atoms with Gasteiger partial charge in [0.15, 0.2) is 11.1 Å². The first kappa shape index (κ1) is 13.6. The number of ether oxygens (including phenoxy) is 1.